The first kappa shape index (κ1) is 12.1. The van der Waals surface area contributed by atoms with Gasteiger partial charge in [0.25, 0.3) is 0 Å². The third-order valence-corrected chi connectivity index (χ3v) is 1.18. The summed E-state index contributed by atoms with van der Waals surface area (Å²) in [7, 11) is 17.5. The van der Waals surface area contributed by atoms with Crippen LogP contribution in [-0.2, 0) is 13.0 Å². The molecule has 0 saturated carbocycles. The van der Waals surface area contributed by atoms with Crippen LogP contribution in [0.25, 0.3) is 0 Å². The van der Waals surface area contributed by atoms with Crippen molar-refractivity contribution in [3.8, 4) is 0 Å². The molecular weight excluding hydrogens is 310 g/mol. The van der Waals surface area contributed by atoms with E-state index in [1.54, 1.807) is 0 Å². The van der Waals surface area contributed by atoms with E-state index < -0.39 is 13.0 Å². The second-order valence-electron chi connectivity index (χ2n) is 1.56. The molecule has 0 heterocycles. The zero-order valence-corrected chi connectivity index (χ0v) is 10.6. The Morgan fingerprint density at radius 3 is 1.55 bits per heavy atom. The summed E-state index contributed by atoms with van der Waals surface area (Å²) < 4.78 is 0. The van der Waals surface area contributed by atoms with Gasteiger partial charge in [0.15, 0.2) is 0 Å². The molecule has 1 aromatic carbocycles. The van der Waals surface area contributed by atoms with E-state index in [-0.39, 0.29) is 0 Å². The summed E-state index contributed by atoms with van der Waals surface area (Å²) in [6.45, 7) is 0. The number of rotatable bonds is 0. The Labute approximate surface area is 86.5 Å². The molecule has 5 heteroatoms. The van der Waals surface area contributed by atoms with E-state index in [2.05, 4.69) is 9.24 Å². The molecule has 0 aliphatic carbocycles. The molecule has 0 N–H and O–H groups in total. The van der Waals surface area contributed by atoms with Gasteiger partial charge in [-0.05, 0) is 5.30 Å². The molecule has 1 aromatic rings. The third kappa shape index (κ3) is 11.1. The predicted molar refractivity (Wildman–Crippen MR) is 53.3 cm³/mol. The molecule has 0 amide bonds. The summed E-state index contributed by atoms with van der Waals surface area (Å²) in [5.41, 5.74) is 0. The summed E-state index contributed by atoms with van der Waals surface area (Å²) >= 11 is -1.75. The monoisotopic (exact) mass is 317 g/mol. The van der Waals surface area contributed by atoms with Crippen LogP contribution in [0.1, 0.15) is 0 Å². The summed E-state index contributed by atoms with van der Waals surface area (Å²) in [6, 6.07) is 10.1. The van der Waals surface area contributed by atoms with Crippen LogP contribution in [0, 0.1) is 0 Å². The maximum atomic E-state index is 4.95. The van der Waals surface area contributed by atoms with Gasteiger partial charge < -0.3 is 0 Å². The standard InChI is InChI=1S/C6H7P.3ClH.Ru/c7-6-4-2-1-3-5-6;;;;/h1-5H,7H2;3*1H;/q;;;;+3/p-3. The van der Waals surface area contributed by atoms with Crippen molar-refractivity contribution in [1.29, 1.82) is 0 Å². The molecule has 0 radical (unpaired) electrons. The molecule has 0 fully saturated rings. The summed E-state index contributed by atoms with van der Waals surface area (Å²) in [5.74, 6) is 0. The normalized spacial score (nSPS) is 9.64. The average Bonchev–Trinajstić information content (AvgIpc) is 1.87. The fourth-order valence-electron chi connectivity index (χ4n) is 0.453. The molecule has 0 aromatic heterocycles. The number of hydrogen-bond acceptors (Lipinski definition) is 0. The van der Waals surface area contributed by atoms with Crippen LogP contribution in [0.4, 0.5) is 0 Å². The molecule has 0 bridgehead atoms. The number of hydrogen-bond donors (Lipinski definition) is 0. The molecular formula is C6H7Cl3PRu. The topological polar surface area (TPSA) is 0 Å². The first-order chi connectivity index (χ1) is 5.13. The summed E-state index contributed by atoms with van der Waals surface area (Å²) in [6.07, 6.45) is 0. The molecule has 1 rings (SSSR count). The average molecular weight is 318 g/mol. The Bertz CT molecular complexity index is 178. The SMILES string of the molecule is Pc1ccccc1.[Cl][Ru]([Cl])[Cl]. The van der Waals surface area contributed by atoms with Crippen molar-refractivity contribution in [1.82, 2.24) is 0 Å². The van der Waals surface area contributed by atoms with Crippen molar-refractivity contribution >= 4 is 43.6 Å². The van der Waals surface area contributed by atoms with Crippen LogP contribution in [0.3, 0.4) is 0 Å². The van der Waals surface area contributed by atoms with Crippen molar-refractivity contribution < 1.29 is 13.0 Å². The van der Waals surface area contributed by atoms with E-state index in [0.29, 0.717) is 0 Å². The fourth-order valence-corrected chi connectivity index (χ4v) is 0.675. The fraction of sp³-hybridized carbons (Fsp3) is 0. The van der Waals surface area contributed by atoms with Crippen LogP contribution < -0.4 is 5.30 Å². The van der Waals surface area contributed by atoms with Gasteiger partial charge in [0.05, 0.1) is 0 Å². The van der Waals surface area contributed by atoms with Crippen molar-refractivity contribution in [3.05, 3.63) is 30.3 Å². The zero-order chi connectivity index (χ0) is 8.69. The number of halogens is 3. The van der Waals surface area contributed by atoms with Gasteiger partial charge in [0, 0.05) is 0 Å². The van der Waals surface area contributed by atoms with E-state index in [9.17, 15) is 0 Å². The van der Waals surface area contributed by atoms with Gasteiger partial charge in [-0.2, -0.15) is 0 Å². The van der Waals surface area contributed by atoms with Gasteiger partial charge >= 0.3 is 42.1 Å². The molecule has 1 atom stereocenters. The van der Waals surface area contributed by atoms with E-state index >= 15 is 0 Å². The Hall–Kier alpha value is 1.14. The molecule has 0 saturated heterocycles. The Morgan fingerprint density at radius 1 is 1.00 bits per heavy atom. The molecule has 0 aliphatic rings. The van der Waals surface area contributed by atoms with Crippen LogP contribution in [0.5, 0.6) is 0 Å². The second kappa shape index (κ2) is 7.78. The second-order valence-corrected chi connectivity index (χ2v) is 10.1. The van der Waals surface area contributed by atoms with E-state index in [1.165, 1.54) is 5.30 Å². The van der Waals surface area contributed by atoms with Crippen molar-refractivity contribution in [2.24, 2.45) is 0 Å². The molecule has 0 spiro atoms. The minimum absolute atomic E-state index is 1.24. The Balaban J connectivity index is 0.000000218. The summed E-state index contributed by atoms with van der Waals surface area (Å²) in [4.78, 5) is 0. The van der Waals surface area contributed by atoms with Crippen LogP contribution >= 0.6 is 38.3 Å². The molecule has 11 heavy (non-hydrogen) atoms. The van der Waals surface area contributed by atoms with Gasteiger partial charge in [-0.1, -0.05) is 30.3 Å². The van der Waals surface area contributed by atoms with Crippen molar-refractivity contribution in [2.75, 3.05) is 0 Å². The molecule has 65 valence electrons. The predicted octanol–water partition coefficient (Wildman–Crippen LogP) is 3.25. The first-order valence-electron chi connectivity index (χ1n) is 2.60. The van der Waals surface area contributed by atoms with Gasteiger partial charge in [0.2, 0.25) is 0 Å². The van der Waals surface area contributed by atoms with Gasteiger partial charge in [0.1, 0.15) is 0 Å². The van der Waals surface area contributed by atoms with Gasteiger partial charge in [-0.3, -0.25) is 0 Å². The first-order valence-corrected chi connectivity index (χ1v) is 9.89. The Kier molecular flexibility index (Phi) is 8.58. The maximum absolute atomic E-state index is 4.95. The van der Waals surface area contributed by atoms with Crippen LogP contribution in [-0.4, -0.2) is 0 Å². The van der Waals surface area contributed by atoms with Crippen molar-refractivity contribution in [2.45, 2.75) is 0 Å². The minimum atomic E-state index is -1.75. The molecule has 1 unspecified atom stereocenters. The van der Waals surface area contributed by atoms with Crippen molar-refractivity contribution in [3.63, 3.8) is 0 Å². The van der Waals surface area contributed by atoms with Crippen LogP contribution in [0.2, 0.25) is 0 Å². The zero-order valence-electron chi connectivity index (χ0n) is 5.45. The number of benzene rings is 1. The Morgan fingerprint density at radius 2 is 1.36 bits per heavy atom. The molecule has 0 nitrogen and oxygen atoms in total. The van der Waals surface area contributed by atoms with Gasteiger partial charge in [-0.25, -0.2) is 0 Å². The molecule has 0 aliphatic heterocycles. The summed E-state index contributed by atoms with van der Waals surface area (Å²) in [5, 5.41) is 1.24. The van der Waals surface area contributed by atoms with E-state index in [0.717, 1.165) is 0 Å². The van der Waals surface area contributed by atoms with E-state index in [1.807, 2.05) is 30.3 Å². The van der Waals surface area contributed by atoms with Crippen LogP contribution in [0.15, 0.2) is 30.3 Å². The quantitative estimate of drug-likeness (QED) is 0.509. The van der Waals surface area contributed by atoms with E-state index in [4.69, 9.17) is 29.1 Å². The van der Waals surface area contributed by atoms with Gasteiger partial charge in [-0.15, -0.1) is 9.24 Å². The third-order valence-electron chi connectivity index (χ3n) is 0.800.